The third kappa shape index (κ3) is 6.37. The first-order valence-electron chi connectivity index (χ1n) is 12.2. The molecule has 11 heteroatoms. The number of nitrogens with zero attached hydrogens (tertiary/aromatic N) is 3. The predicted molar refractivity (Wildman–Crippen MR) is 143 cm³/mol. The second kappa shape index (κ2) is 12.2. The lowest BCUT2D eigenvalue weighted by atomic mass is 9.99. The van der Waals surface area contributed by atoms with Crippen molar-refractivity contribution in [2.45, 2.75) is 24.9 Å². The van der Waals surface area contributed by atoms with Crippen LogP contribution in [0.1, 0.15) is 30.0 Å². The third-order valence-electron chi connectivity index (χ3n) is 6.18. The van der Waals surface area contributed by atoms with Crippen molar-refractivity contribution in [3.8, 4) is 22.9 Å². The van der Waals surface area contributed by atoms with E-state index < -0.39 is 23.1 Å². The molecule has 196 valence electrons. The van der Waals surface area contributed by atoms with Crippen molar-refractivity contribution in [3.63, 3.8) is 0 Å². The summed E-state index contributed by atoms with van der Waals surface area (Å²) in [4.78, 5) is 13.3. The molecule has 0 aliphatic carbocycles. The predicted octanol–water partition coefficient (Wildman–Crippen LogP) is 4.45. The zero-order valence-corrected chi connectivity index (χ0v) is 21.2. The maximum Gasteiger partial charge on any atom is 0.232 e. The number of nitrogens with one attached hydrogen (secondary N) is 3. The molecule has 38 heavy (non-hydrogen) atoms. The number of hydrogen-bond acceptors (Lipinski definition) is 7. The number of hydrogen-bond donors (Lipinski definition) is 4. The molecular weight excluding hydrogens is 507 g/mol. The van der Waals surface area contributed by atoms with Crippen LogP contribution in [-0.2, 0) is 11.3 Å². The number of rotatable bonds is 9. The smallest absolute Gasteiger partial charge is 0.232 e. The summed E-state index contributed by atoms with van der Waals surface area (Å²) in [6.07, 6.45) is 5.34. The fourth-order valence-corrected chi connectivity index (χ4v) is 4.84. The molecule has 1 unspecified atom stereocenters. The van der Waals surface area contributed by atoms with E-state index in [-0.39, 0.29) is 17.7 Å². The van der Waals surface area contributed by atoms with Gasteiger partial charge in [-0.25, -0.2) is 28.3 Å². The van der Waals surface area contributed by atoms with E-state index in [0.29, 0.717) is 28.3 Å². The van der Waals surface area contributed by atoms with Crippen molar-refractivity contribution in [3.05, 3.63) is 96.1 Å². The molecule has 3 heterocycles. The lowest BCUT2D eigenvalue weighted by Crippen LogP contribution is -2.38. The van der Waals surface area contributed by atoms with Crippen LogP contribution in [-0.4, -0.2) is 42.8 Å². The second-order valence-electron chi connectivity index (χ2n) is 8.81. The number of anilines is 1. The monoisotopic (exact) mass is 534 g/mol. The Bertz CT molecular complexity index is 1400. The van der Waals surface area contributed by atoms with Gasteiger partial charge in [0, 0.05) is 25.0 Å². The van der Waals surface area contributed by atoms with E-state index in [1.165, 1.54) is 12.1 Å². The van der Waals surface area contributed by atoms with Gasteiger partial charge in [0.1, 0.15) is 0 Å². The van der Waals surface area contributed by atoms with Crippen LogP contribution in [0.4, 0.5) is 10.3 Å². The van der Waals surface area contributed by atoms with E-state index in [1.54, 1.807) is 60.9 Å². The SMILES string of the molecule is O=S(O)N[C@@H](c1ccccc1)c1ccc(Oc2ncccc2-c2ccnc(N[C@H]3CCCNC3)n2)c(F)c1. The van der Waals surface area contributed by atoms with Gasteiger partial charge in [-0.2, -0.15) is 0 Å². The van der Waals surface area contributed by atoms with Crippen LogP contribution in [0.2, 0.25) is 0 Å². The summed E-state index contributed by atoms with van der Waals surface area (Å²) in [5.41, 5.74) is 2.36. The number of halogens is 1. The molecule has 4 N–H and O–H groups in total. The number of piperidine rings is 1. The lowest BCUT2D eigenvalue weighted by Gasteiger charge is -2.23. The lowest BCUT2D eigenvalue weighted by molar-refractivity contribution is 0.428. The summed E-state index contributed by atoms with van der Waals surface area (Å²) in [6.45, 7) is 1.86. The average Bonchev–Trinajstić information content (AvgIpc) is 2.94. The fourth-order valence-electron chi connectivity index (χ4n) is 4.36. The van der Waals surface area contributed by atoms with Crippen molar-refractivity contribution in [2.24, 2.45) is 0 Å². The molecular formula is C27H27FN6O3S. The minimum Gasteiger partial charge on any atom is -0.435 e. The average molecular weight is 535 g/mol. The fraction of sp³-hybridized carbons (Fsp3) is 0.222. The molecule has 1 aliphatic heterocycles. The van der Waals surface area contributed by atoms with Crippen LogP contribution >= 0.6 is 0 Å². The Labute approximate surface area is 222 Å². The van der Waals surface area contributed by atoms with Crippen LogP contribution in [0.15, 0.2) is 79.1 Å². The molecule has 3 atom stereocenters. The largest absolute Gasteiger partial charge is 0.435 e. The molecule has 1 aliphatic rings. The zero-order valence-electron chi connectivity index (χ0n) is 20.4. The first kappa shape index (κ1) is 25.9. The quantitative estimate of drug-likeness (QED) is 0.233. The van der Waals surface area contributed by atoms with Crippen molar-refractivity contribution in [2.75, 3.05) is 18.4 Å². The maximum absolute atomic E-state index is 15.2. The third-order valence-corrected chi connectivity index (χ3v) is 6.62. The molecule has 0 saturated carbocycles. The van der Waals surface area contributed by atoms with Crippen LogP contribution in [0.5, 0.6) is 11.6 Å². The van der Waals surface area contributed by atoms with Gasteiger partial charge in [-0.3, -0.25) is 4.55 Å². The van der Waals surface area contributed by atoms with E-state index >= 15 is 4.39 Å². The molecule has 5 rings (SSSR count). The number of benzene rings is 2. The van der Waals surface area contributed by atoms with Crippen molar-refractivity contribution in [1.82, 2.24) is 25.0 Å². The standard InChI is InChI=1S/C27H27FN6O3S/c28-22-16-19(25(34-38(35)36)18-6-2-1-3-7-18)10-11-24(22)37-26-21(9-5-14-30-26)23-12-15-31-27(33-23)32-20-8-4-13-29-17-20/h1-3,5-7,9-12,14-16,20,25,29,34H,4,8,13,17H2,(H,35,36)(H,31,32,33)/t20-,25-/m0/s1. The molecule has 0 amide bonds. The van der Waals surface area contributed by atoms with Crippen molar-refractivity contribution < 1.29 is 17.9 Å². The van der Waals surface area contributed by atoms with Gasteiger partial charge in [0.05, 0.1) is 17.3 Å². The van der Waals surface area contributed by atoms with Gasteiger partial charge >= 0.3 is 0 Å². The van der Waals surface area contributed by atoms with Gasteiger partial charge in [-0.05, 0) is 60.8 Å². The molecule has 9 nitrogen and oxygen atoms in total. The summed E-state index contributed by atoms with van der Waals surface area (Å²) in [6, 6.07) is 18.3. The summed E-state index contributed by atoms with van der Waals surface area (Å²) < 4.78 is 44.6. The first-order valence-corrected chi connectivity index (χ1v) is 13.3. The Morgan fingerprint density at radius 1 is 1.05 bits per heavy atom. The maximum atomic E-state index is 15.2. The number of aromatic nitrogens is 3. The highest BCUT2D eigenvalue weighted by molar-refractivity contribution is 7.77. The topological polar surface area (TPSA) is 121 Å². The van der Waals surface area contributed by atoms with Crippen LogP contribution in [0.25, 0.3) is 11.3 Å². The van der Waals surface area contributed by atoms with E-state index in [0.717, 1.165) is 25.9 Å². The zero-order chi connectivity index (χ0) is 26.3. The van der Waals surface area contributed by atoms with Crippen LogP contribution in [0.3, 0.4) is 0 Å². The Hall–Kier alpha value is -3.77. The van der Waals surface area contributed by atoms with E-state index in [1.807, 2.05) is 6.07 Å². The van der Waals surface area contributed by atoms with Gasteiger partial charge in [0.2, 0.25) is 23.1 Å². The van der Waals surface area contributed by atoms with Crippen molar-refractivity contribution in [1.29, 1.82) is 0 Å². The van der Waals surface area contributed by atoms with Crippen LogP contribution in [0, 0.1) is 5.82 Å². The van der Waals surface area contributed by atoms with E-state index in [4.69, 9.17) is 4.74 Å². The molecule has 0 spiro atoms. The summed E-state index contributed by atoms with van der Waals surface area (Å²) in [5, 5.41) is 6.72. The molecule has 4 aromatic rings. The van der Waals surface area contributed by atoms with E-state index in [9.17, 15) is 8.76 Å². The van der Waals surface area contributed by atoms with Gasteiger partial charge in [-0.15, -0.1) is 0 Å². The summed E-state index contributed by atoms with van der Waals surface area (Å²) in [5.74, 6) is 0.0197. The highest BCUT2D eigenvalue weighted by atomic mass is 32.2. The minimum atomic E-state index is -2.30. The van der Waals surface area contributed by atoms with Gasteiger partial charge < -0.3 is 15.4 Å². The number of ether oxygens (including phenoxy) is 1. The molecule has 1 fully saturated rings. The minimum absolute atomic E-state index is 0.0358. The first-order chi connectivity index (χ1) is 18.6. The summed E-state index contributed by atoms with van der Waals surface area (Å²) in [7, 11) is 0. The Kier molecular flexibility index (Phi) is 8.29. The second-order valence-corrected chi connectivity index (χ2v) is 9.55. The van der Waals surface area contributed by atoms with Gasteiger partial charge in [-0.1, -0.05) is 36.4 Å². The highest BCUT2D eigenvalue weighted by Gasteiger charge is 2.20. The molecule has 0 radical (unpaired) electrons. The van der Waals surface area contributed by atoms with Crippen LogP contribution < -0.4 is 20.1 Å². The highest BCUT2D eigenvalue weighted by Crippen LogP contribution is 2.33. The Morgan fingerprint density at radius 2 is 1.92 bits per heavy atom. The Balaban J connectivity index is 1.39. The molecule has 2 aromatic carbocycles. The molecule has 1 saturated heterocycles. The molecule has 2 aromatic heterocycles. The normalized spacial score (nSPS) is 16.9. The summed E-state index contributed by atoms with van der Waals surface area (Å²) >= 11 is -2.30. The van der Waals surface area contributed by atoms with Gasteiger partial charge in [0.15, 0.2) is 11.6 Å². The van der Waals surface area contributed by atoms with Gasteiger partial charge in [0.25, 0.3) is 0 Å². The molecule has 0 bridgehead atoms. The van der Waals surface area contributed by atoms with E-state index in [2.05, 4.69) is 30.3 Å². The Morgan fingerprint density at radius 3 is 2.68 bits per heavy atom. The number of pyridine rings is 1. The van der Waals surface area contributed by atoms with Crippen molar-refractivity contribution >= 4 is 17.2 Å².